The molecule has 8 heteroatoms. The number of imidazole rings is 1. The molecule has 2 aromatic heterocycles. The predicted octanol–water partition coefficient (Wildman–Crippen LogP) is 5.83. The van der Waals surface area contributed by atoms with Crippen LogP contribution in [0.4, 0.5) is 0 Å². The lowest BCUT2D eigenvalue weighted by molar-refractivity contribution is -0.0437. The number of aryl methyl sites for hydroxylation is 1. The molecule has 1 fully saturated rings. The zero-order valence-electron chi connectivity index (χ0n) is 21.4. The largest absolute Gasteiger partial charge is 0.346 e. The molecule has 1 aliphatic heterocycles. The summed E-state index contributed by atoms with van der Waals surface area (Å²) in [7, 11) is 0. The zero-order valence-corrected chi connectivity index (χ0v) is 21.4. The number of unbranched alkanes of at least 4 members (excludes halogenated alkanes) is 1. The summed E-state index contributed by atoms with van der Waals surface area (Å²) in [6.07, 6.45) is 6.92. The van der Waals surface area contributed by atoms with Crippen molar-refractivity contribution < 1.29 is 9.47 Å². The van der Waals surface area contributed by atoms with Gasteiger partial charge in [-0.15, -0.1) is 5.10 Å². The quantitative estimate of drug-likeness (QED) is 0.270. The molecule has 0 unspecified atom stereocenters. The number of hydrogen-bond donors (Lipinski definition) is 1. The molecule has 0 aliphatic carbocycles. The second-order valence-electron chi connectivity index (χ2n) is 9.47. The van der Waals surface area contributed by atoms with Gasteiger partial charge in [0.1, 0.15) is 5.82 Å². The van der Waals surface area contributed by atoms with E-state index in [0.717, 1.165) is 52.9 Å². The Labute approximate surface area is 221 Å². The van der Waals surface area contributed by atoms with Crippen LogP contribution < -0.4 is 0 Å². The third-order valence-corrected chi connectivity index (χ3v) is 6.91. The summed E-state index contributed by atoms with van der Waals surface area (Å²) in [5.41, 5.74) is 7.74. The number of H-pyrrole nitrogens is 1. The Morgan fingerprint density at radius 3 is 2.47 bits per heavy atom. The Kier molecular flexibility index (Phi) is 7.06. The van der Waals surface area contributed by atoms with E-state index in [-0.39, 0.29) is 6.29 Å². The third kappa shape index (κ3) is 5.01. The van der Waals surface area contributed by atoms with Gasteiger partial charge in [0.2, 0.25) is 0 Å². The highest BCUT2D eigenvalue weighted by Crippen LogP contribution is 2.34. The molecule has 1 saturated heterocycles. The van der Waals surface area contributed by atoms with Crippen LogP contribution >= 0.6 is 0 Å². The molecule has 0 radical (unpaired) electrons. The number of rotatable bonds is 9. The first-order valence-electron chi connectivity index (χ1n) is 13.1. The van der Waals surface area contributed by atoms with Gasteiger partial charge in [-0.05, 0) is 51.6 Å². The van der Waals surface area contributed by atoms with Gasteiger partial charge in [-0.1, -0.05) is 74.0 Å². The zero-order chi connectivity index (χ0) is 25.7. The van der Waals surface area contributed by atoms with Crippen LogP contribution in [0, 0.1) is 0 Å². The van der Waals surface area contributed by atoms with Crippen molar-refractivity contribution >= 4 is 0 Å². The van der Waals surface area contributed by atoms with Gasteiger partial charge in [-0.2, -0.15) is 0 Å². The second kappa shape index (κ2) is 11.1. The lowest BCUT2D eigenvalue weighted by Crippen LogP contribution is -2.07. The highest BCUT2D eigenvalue weighted by atomic mass is 16.7. The van der Waals surface area contributed by atoms with E-state index in [1.54, 1.807) is 0 Å². The van der Waals surface area contributed by atoms with E-state index in [2.05, 4.69) is 80.6 Å². The van der Waals surface area contributed by atoms with Crippen molar-refractivity contribution in [3.63, 3.8) is 0 Å². The van der Waals surface area contributed by atoms with E-state index in [1.165, 1.54) is 11.1 Å². The average molecular weight is 507 g/mol. The highest BCUT2D eigenvalue weighted by Gasteiger charge is 2.24. The number of nitrogens with one attached hydrogen (secondary N) is 1. The standard InChI is InChI=1S/C30H30N6O2/c1-2-3-6-21-11-14-26(30-37-17-18-38-30)27(19-21)29-31-15-16-36(29)20-22-9-12-23(13-10-22)24-7-4-5-8-25(24)28-32-34-35-33-28/h4-5,7-16,19,30H,2-3,6,17-18,20H2,1H3,(H,32,33,34,35). The molecular formula is C30H30N6O2. The number of nitrogens with zero attached hydrogens (tertiary/aromatic N) is 5. The Morgan fingerprint density at radius 1 is 0.921 bits per heavy atom. The van der Waals surface area contributed by atoms with Crippen molar-refractivity contribution in [3.8, 4) is 33.9 Å². The predicted molar refractivity (Wildman–Crippen MR) is 145 cm³/mol. The van der Waals surface area contributed by atoms with E-state index in [4.69, 9.17) is 14.5 Å². The van der Waals surface area contributed by atoms with Crippen molar-refractivity contribution in [2.75, 3.05) is 13.2 Å². The van der Waals surface area contributed by atoms with Crippen molar-refractivity contribution in [3.05, 3.63) is 95.8 Å². The number of ether oxygens (including phenoxy) is 2. The summed E-state index contributed by atoms with van der Waals surface area (Å²) in [6, 6.07) is 23.3. The molecule has 192 valence electrons. The summed E-state index contributed by atoms with van der Waals surface area (Å²) in [4.78, 5) is 4.77. The van der Waals surface area contributed by atoms with Gasteiger partial charge < -0.3 is 14.0 Å². The Morgan fingerprint density at radius 2 is 1.71 bits per heavy atom. The molecule has 5 aromatic rings. The normalized spacial score (nSPS) is 13.8. The average Bonchev–Trinajstić information content (AvgIpc) is 3.76. The van der Waals surface area contributed by atoms with Gasteiger partial charge in [-0.3, -0.25) is 0 Å². The van der Waals surface area contributed by atoms with Gasteiger partial charge >= 0.3 is 0 Å². The van der Waals surface area contributed by atoms with Gasteiger partial charge in [0.05, 0.1) is 13.2 Å². The Hall–Kier alpha value is -4.14. The summed E-state index contributed by atoms with van der Waals surface area (Å²) in [5, 5.41) is 14.4. The Bertz CT molecular complexity index is 1490. The van der Waals surface area contributed by atoms with Crippen molar-refractivity contribution in [1.29, 1.82) is 0 Å². The van der Waals surface area contributed by atoms with Gasteiger partial charge in [0.25, 0.3) is 0 Å². The fraction of sp³-hybridized carbons (Fsp3) is 0.267. The molecule has 38 heavy (non-hydrogen) atoms. The van der Waals surface area contributed by atoms with Gasteiger partial charge in [-0.25, -0.2) is 10.1 Å². The molecule has 3 heterocycles. The number of benzene rings is 3. The first-order chi connectivity index (χ1) is 18.8. The molecule has 0 amide bonds. The lowest BCUT2D eigenvalue weighted by atomic mass is 9.98. The molecule has 3 aromatic carbocycles. The molecular weight excluding hydrogens is 476 g/mol. The second-order valence-corrected chi connectivity index (χ2v) is 9.47. The van der Waals surface area contributed by atoms with Crippen LogP contribution in [0.2, 0.25) is 0 Å². The van der Waals surface area contributed by atoms with Crippen molar-refractivity contribution in [1.82, 2.24) is 30.2 Å². The van der Waals surface area contributed by atoms with Gasteiger partial charge in [0.15, 0.2) is 12.1 Å². The van der Waals surface area contributed by atoms with Crippen molar-refractivity contribution in [2.24, 2.45) is 0 Å². The molecule has 8 nitrogen and oxygen atoms in total. The minimum atomic E-state index is -0.353. The number of aromatic nitrogens is 6. The minimum Gasteiger partial charge on any atom is -0.346 e. The number of tetrazole rings is 1. The molecule has 0 bridgehead atoms. The van der Waals surface area contributed by atoms with Crippen LogP contribution in [-0.2, 0) is 22.4 Å². The fourth-order valence-electron chi connectivity index (χ4n) is 4.96. The maximum atomic E-state index is 5.87. The monoisotopic (exact) mass is 506 g/mol. The smallest absolute Gasteiger partial charge is 0.184 e. The summed E-state index contributed by atoms with van der Waals surface area (Å²) in [6.45, 7) is 4.14. The SMILES string of the molecule is CCCCc1ccc(C2OCCO2)c(-c2nccn2Cc2ccc(-c3ccccc3-c3nnn[nH]3)cc2)c1. The van der Waals surface area contributed by atoms with Crippen LogP contribution in [0.15, 0.2) is 79.1 Å². The van der Waals surface area contributed by atoms with E-state index in [0.29, 0.717) is 25.6 Å². The molecule has 1 aliphatic rings. The molecule has 0 saturated carbocycles. The van der Waals surface area contributed by atoms with E-state index < -0.39 is 0 Å². The molecule has 0 atom stereocenters. The van der Waals surface area contributed by atoms with Crippen LogP contribution in [-0.4, -0.2) is 43.4 Å². The van der Waals surface area contributed by atoms with Gasteiger partial charge in [0, 0.05) is 35.6 Å². The molecule has 1 N–H and O–H groups in total. The topological polar surface area (TPSA) is 90.7 Å². The number of hydrogen-bond acceptors (Lipinski definition) is 6. The van der Waals surface area contributed by atoms with Crippen LogP contribution in [0.3, 0.4) is 0 Å². The molecule has 6 rings (SSSR count). The van der Waals surface area contributed by atoms with Crippen molar-refractivity contribution in [2.45, 2.75) is 39.0 Å². The molecule has 0 spiro atoms. The van der Waals surface area contributed by atoms with Crippen LogP contribution in [0.1, 0.15) is 42.7 Å². The van der Waals surface area contributed by atoms with E-state index in [9.17, 15) is 0 Å². The highest BCUT2D eigenvalue weighted by molar-refractivity contribution is 5.80. The summed E-state index contributed by atoms with van der Waals surface area (Å²) >= 11 is 0. The maximum Gasteiger partial charge on any atom is 0.184 e. The fourth-order valence-corrected chi connectivity index (χ4v) is 4.96. The lowest BCUT2D eigenvalue weighted by Gasteiger charge is -2.17. The van der Waals surface area contributed by atoms with Crippen LogP contribution in [0.5, 0.6) is 0 Å². The third-order valence-electron chi connectivity index (χ3n) is 6.91. The summed E-state index contributed by atoms with van der Waals surface area (Å²) < 4.78 is 13.9. The van der Waals surface area contributed by atoms with E-state index in [1.807, 2.05) is 30.6 Å². The minimum absolute atomic E-state index is 0.353. The Balaban J connectivity index is 1.29. The maximum absolute atomic E-state index is 5.87. The number of aromatic amines is 1. The first kappa shape index (κ1) is 24.2. The van der Waals surface area contributed by atoms with E-state index >= 15 is 0 Å². The summed E-state index contributed by atoms with van der Waals surface area (Å²) in [5.74, 6) is 1.57. The first-order valence-corrected chi connectivity index (χ1v) is 13.1. The van der Waals surface area contributed by atoms with Crippen LogP contribution in [0.25, 0.3) is 33.9 Å².